The molecule has 0 unspecified atom stereocenters. The number of halogens is 1. The Morgan fingerprint density at radius 3 is 2.40 bits per heavy atom. The van der Waals surface area contributed by atoms with Crippen molar-refractivity contribution < 1.29 is 22.9 Å². The average Bonchev–Trinajstić information content (AvgIpc) is 2.38. The molecule has 0 fully saturated rings. The zero-order valence-electron chi connectivity index (χ0n) is 11.1. The van der Waals surface area contributed by atoms with Crippen LogP contribution in [0, 0.1) is 15.9 Å². The van der Waals surface area contributed by atoms with Crippen LogP contribution in [0.4, 0.5) is 10.1 Å². The summed E-state index contributed by atoms with van der Waals surface area (Å²) in [5.74, 6) is -2.23. The SMILES string of the molecule is CCOP(=O)(OCC)[C@H](N)c1cc([N+](=O)[O-])ccc1F. The van der Waals surface area contributed by atoms with Crippen molar-refractivity contribution in [2.24, 2.45) is 5.73 Å². The van der Waals surface area contributed by atoms with Crippen molar-refractivity contribution in [3.05, 3.63) is 39.7 Å². The van der Waals surface area contributed by atoms with Gasteiger partial charge in [0, 0.05) is 17.7 Å². The lowest BCUT2D eigenvalue weighted by molar-refractivity contribution is -0.385. The Morgan fingerprint density at radius 1 is 1.40 bits per heavy atom. The lowest BCUT2D eigenvalue weighted by atomic mass is 10.2. The minimum absolute atomic E-state index is 0.0571. The smallest absolute Gasteiger partial charge is 0.314 e. The van der Waals surface area contributed by atoms with E-state index in [1.54, 1.807) is 13.8 Å². The molecule has 112 valence electrons. The number of nitrogens with zero attached hydrogens (tertiary/aromatic N) is 1. The van der Waals surface area contributed by atoms with Crippen LogP contribution >= 0.6 is 7.60 Å². The largest absolute Gasteiger partial charge is 0.351 e. The molecule has 0 aliphatic carbocycles. The van der Waals surface area contributed by atoms with Crippen LogP contribution in [0.2, 0.25) is 0 Å². The molecular weight excluding hydrogens is 290 g/mol. The van der Waals surface area contributed by atoms with Gasteiger partial charge in [0.25, 0.3) is 5.69 Å². The Bertz CT molecular complexity index is 530. The summed E-state index contributed by atoms with van der Waals surface area (Å²) in [6, 6.07) is 2.83. The second-order valence-corrected chi connectivity index (χ2v) is 5.94. The van der Waals surface area contributed by atoms with E-state index >= 15 is 0 Å². The molecule has 0 aliphatic heterocycles. The van der Waals surface area contributed by atoms with E-state index in [0.29, 0.717) is 0 Å². The molecule has 0 spiro atoms. The third-order valence-electron chi connectivity index (χ3n) is 2.47. The van der Waals surface area contributed by atoms with Crippen molar-refractivity contribution in [2.45, 2.75) is 19.6 Å². The van der Waals surface area contributed by atoms with Crippen LogP contribution in [0.5, 0.6) is 0 Å². The third-order valence-corrected chi connectivity index (χ3v) is 4.66. The van der Waals surface area contributed by atoms with Crippen LogP contribution in [-0.4, -0.2) is 18.1 Å². The van der Waals surface area contributed by atoms with E-state index < -0.39 is 24.1 Å². The van der Waals surface area contributed by atoms with E-state index in [9.17, 15) is 19.1 Å². The number of hydrogen-bond donors (Lipinski definition) is 1. The number of non-ortho nitro benzene ring substituents is 1. The zero-order chi connectivity index (χ0) is 15.3. The predicted molar refractivity (Wildman–Crippen MR) is 70.8 cm³/mol. The second-order valence-electron chi connectivity index (χ2n) is 3.78. The van der Waals surface area contributed by atoms with Crippen molar-refractivity contribution >= 4 is 13.3 Å². The van der Waals surface area contributed by atoms with E-state index in [1.807, 2.05) is 0 Å². The highest BCUT2D eigenvalue weighted by Gasteiger charge is 2.36. The second kappa shape index (κ2) is 6.90. The molecule has 0 heterocycles. The van der Waals surface area contributed by atoms with E-state index in [2.05, 4.69) is 0 Å². The number of nitro groups is 1. The number of nitro benzene ring substituents is 1. The fraction of sp³-hybridized carbons (Fsp3) is 0.455. The average molecular weight is 306 g/mol. The topological polar surface area (TPSA) is 105 Å². The molecule has 0 bridgehead atoms. The Kier molecular flexibility index (Phi) is 5.76. The van der Waals surface area contributed by atoms with Crippen molar-refractivity contribution in [2.75, 3.05) is 13.2 Å². The molecule has 0 aromatic heterocycles. The summed E-state index contributed by atoms with van der Waals surface area (Å²) in [7, 11) is -3.79. The fourth-order valence-corrected chi connectivity index (χ4v) is 3.25. The number of benzene rings is 1. The maximum Gasteiger partial charge on any atom is 0.351 e. The summed E-state index contributed by atoms with van der Waals surface area (Å²) in [6.07, 6.45) is 0. The van der Waals surface area contributed by atoms with Crippen LogP contribution in [0.15, 0.2) is 18.2 Å². The van der Waals surface area contributed by atoms with Gasteiger partial charge < -0.3 is 14.8 Å². The van der Waals surface area contributed by atoms with Gasteiger partial charge in [0.15, 0.2) is 0 Å². The van der Waals surface area contributed by atoms with Crippen LogP contribution < -0.4 is 5.73 Å². The normalized spacial score (nSPS) is 13.2. The van der Waals surface area contributed by atoms with Crippen molar-refractivity contribution in [3.8, 4) is 0 Å². The summed E-state index contributed by atoms with van der Waals surface area (Å²) in [5.41, 5.74) is 5.12. The first-order valence-corrected chi connectivity index (χ1v) is 7.55. The maximum atomic E-state index is 13.8. The molecule has 2 N–H and O–H groups in total. The molecule has 0 saturated carbocycles. The van der Waals surface area contributed by atoms with Gasteiger partial charge >= 0.3 is 7.60 Å². The van der Waals surface area contributed by atoms with Gasteiger partial charge in [-0.05, 0) is 19.9 Å². The maximum absolute atomic E-state index is 13.8. The van der Waals surface area contributed by atoms with E-state index in [4.69, 9.17) is 14.8 Å². The van der Waals surface area contributed by atoms with Gasteiger partial charge in [-0.15, -0.1) is 0 Å². The number of nitrogens with two attached hydrogens (primary N) is 1. The Labute approximate surface area is 115 Å². The molecule has 20 heavy (non-hydrogen) atoms. The standard InChI is InChI=1S/C11H16FN2O5P/c1-3-18-20(17,19-4-2)11(13)9-7-8(14(15)16)5-6-10(9)12/h5-7,11H,3-4,13H2,1-2H3/t11-/m0/s1. The van der Waals surface area contributed by atoms with E-state index in [-0.39, 0.29) is 24.5 Å². The number of hydrogen-bond acceptors (Lipinski definition) is 6. The quantitative estimate of drug-likeness (QED) is 0.471. The Balaban J connectivity index is 3.23. The summed E-state index contributed by atoms with van der Waals surface area (Å²) < 4.78 is 36.2. The highest BCUT2D eigenvalue weighted by Crippen LogP contribution is 2.58. The van der Waals surface area contributed by atoms with Gasteiger partial charge in [0.1, 0.15) is 11.6 Å². The minimum Gasteiger partial charge on any atom is -0.314 e. The molecule has 7 nitrogen and oxygen atoms in total. The Morgan fingerprint density at radius 2 is 1.95 bits per heavy atom. The highest BCUT2D eigenvalue weighted by molar-refractivity contribution is 7.54. The van der Waals surface area contributed by atoms with Gasteiger partial charge in [-0.2, -0.15) is 0 Å². The lowest BCUT2D eigenvalue weighted by Crippen LogP contribution is -2.16. The van der Waals surface area contributed by atoms with Crippen molar-refractivity contribution in [1.29, 1.82) is 0 Å². The molecule has 9 heteroatoms. The highest BCUT2D eigenvalue weighted by atomic mass is 31.2. The van der Waals surface area contributed by atoms with Gasteiger partial charge in [0.2, 0.25) is 0 Å². The molecular formula is C11H16FN2O5P. The molecule has 1 rings (SSSR count). The summed E-state index contributed by atoms with van der Waals surface area (Å²) in [4.78, 5) is 10.0. The first-order chi connectivity index (χ1) is 9.35. The van der Waals surface area contributed by atoms with Crippen molar-refractivity contribution in [1.82, 2.24) is 0 Å². The molecule has 1 aromatic carbocycles. The van der Waals surface area contributed by atoms with Crippen LogP contribution in [0.1, 0.15) is 25.2 Å². The van der Waals surface area contributed by atoms with Crippen LogP contribution in [-0.2, 0) is 13.6 Å². The van der Waals surface area contributed by atoms with Gasteiger partial charge in [-0.25, -0.2) is 4.39 Å². The first kappa shape index (κ1) is 16.7. The van der Waals surface area contributed by atoms with Crippen molar-refractivity contribution in [3.63, 3.8) is 0 Å². The molecule has 0 amide bonds. The van der Waals surface area contributed by atoms with Crippen LogP contribution in [0.25, 0.3) is 0 Å². The summed E-state index contributed by atoms with van der Waals surface area (Å²) in [5, 5.41) is 10.7. The van der Waals surface area contributed by atoms with Gasteiger partial charge in [0.05, 0.1) is 18.1 Å². The van der Waals surface area contributed by atoms with Gasteiger partial charge in [-0.3, -0.25) is 14.7 Å². The van der Waals surface area contributed by atoms with E-state index in [0.717, 1.165) is 18.2 Å². The molecule has 0 radical (unpaired) electrons. The minimum atomic E-state index is -3.79. The van der Waals surface area contributed by atoms with Gasteiger partial charge in [-0.1, -0.05) is 0 Å². The third kappa shape index (κ3) is 3.61. The van der Waals surface area contributed by atoms with E-state index in [1.165, 1.54) is 0 Å². The first-order valence-electron chi connectivity index (χ1n) is 5.94. The zero-order valence-corrected chi connectivity index (χ0v) is 12.0. The summed E-state index contributed by atoms with van der Waals surface area (Å²) >= 11 is 0. The molecule has 0 saturated heterocycles. The predicted octanol–water partition coefficient (Wildman–Crippen LogP) is 2.96. The molecule has 0 aliphatic rings. The summed E-state index contributed by atoms with van der Waals surface area (Å²) in [6.45, 7) is 3.29. The monoisotopic (exact) mass is 306 g/mol. The van der Waals surface area contributed by atoms with Crippen LogP contribution in [0.3, 0.4) is 0 Å². The molecule has 1 atom stereocenters. The molecule has 1 aromatic rings. The fourth-order valence-electron chi connectivity index (χ4n) is 1.60. The lowest BCUT2D eigenvalue weighted by Gasteiger charge is -2.23. The Hall–Kier alpha value is -1.34. The number of rotatable bonds is 7.